The fourth-order valence-corrected chi connectivity index (χ4v) is 3.33. The van der Waals surface area contributed by atoms with Gasteiger partial charge in [0.2, 0.25) is 0 Å². The molecule has 0 aliphatic rings. The molecule has 3 aromatic carbocycles. The van der Waals surface area contributed by atoms with Crippen LogP contribution in [0.4, 0.5) is 16.2 Å². The molecule has 3 aromatic rings. The van der Waals surface area contributed by atoms with Crippen molar-refractivity contribution >= 4 is 40.9 Å². The van der Waals surface area contributed by atoms with Gasteiger partial charge in [-0.05, 0) is 53.4 Å². The van der Waals surface area contributed by atoms with Crippen molar-refractivity contribution in [1.82, 2.24) is 5.32 Å². The van der Waals surface area contributed by atoms with Crippen LogP contribution >= 0.6 is 11.6 Å². The quantitative estimate of drug-likeness (QED) is 0.370. The van der Waals surface area contributed by atoms with Gasteiger partial charge in [-0.1, -0.05) is 61.8 Å². The van der Waals surface area contributed by atoms with Crippen molar-refractivity contribution in [3.63, 3.8) is 0 Å². The number of hydrogen-bond donors (Lipinski definition) is 4. The Labute approximate surface area is 196 Å². The summed E-state index contributed by atoms with van der Waals surface area (Å²) in [6, 6.07) is 19.7. The van der Waals surface area contributed by atoms with E-state index in [1.165, 1.54) is 0 Å². The molecule has 3 amide bonds. The molecule has 0 aliphatic heterocycles. The number of carbonyl (C=O) groups excluding carboxylic acids is 2. The van der Waals surface area contributed by atoms with Crippen molar-refractivity contribution in [1.29, 1.82) is 0 Å². The van der Waals surface area contributed by atoms with E-state index < -0.39 is 23.9 Å². The molecule has 4 N–H and O–H groups in total. The predicted molar refractivity (Wildman–Crippen MR) is 130 cm³/mol. The molecule has 0 saturated heterocycles. The number of rotatable bonds is 7. The average molecular weight is 466 g/mol. The zero-order valence-corrected chi connectivity index (χ0v) is 18.9. The summed E-state index contributed by atoms with van der Waals surface area (Å²) in [6.45, 7) is 3.47. The van der Waals surface area contributed by atoms with Crippen molar-refractivity contribution in [3.8, 4) is 11.1 Å². The number of aliphatic carboxylic acids is 1. The van der Waals surface area contributed by atoms with Gasteiger partial charge in [-0.25, -0.2) is 9.59 Å². The summed E-state index contributed by atoms with van der Waals surface area (Å²) in [5.74, 6) is -1.74. The second-order valence-corrected chi connectivity index (χ2v) is 8.15. The largest absolute Gasteiger partial charge is 0.480 e. The number of anilines is 2. The smallest absolute Gasteiger partial charge is 0.326 e. The molecule has 33 heavy (non-hydrogen) atoms. The van der Waals surface area contributed by atoms with E-state index in [1.54, 1.807) is 74.5 Å². The molecule has 0 fully saturated rings. The van der Waals surface area contributed by atoms with Gasteiger partial charge in [0.15, 0.2) is 0 Å². The lowest BCUT2D eigenvalue weighted by Gasteiger charge is -2.18. The maximum atomic E-state index is 12.4. The minimum atomic E-state index is -1.07. The number of carboxylic acids is 1. The molecule has 170 valence electrons. The molecule has 0 saturated carbocycles. The van der Waals surface area contributed by atoms with Crippen LogP contribution in [0.25, 0.3) is 11.1 Å². The molecule has 0 radical (unpaired) electrons. The van der Waals surface area contributed by atoms with Gasteiger partial charge < -0.3 is 21.1 Å². The summed E-state index contributed by atoms with van der Waals surface area (Å²) in [7, 11) is 0. The summed E-state index contributed by atoms with van der Waals surface area (Å²) in [5.41, 5.74) is 3.26. The number of benzene rings is 3. The van der Waals surface area contributed by atoms with Gasteiger partial charge >= 0.3 is 12.0 Å². The fraction of sp³-hybridized carbons (Fsp3) is 0.160. The lowest BCUT2D eigenvalue weighted by atomic mass is 10.0. The Morgan fingerprint density at radius 3 is 1.94 bits per heavy atom. The molecule has 0 aliphatic carbocycles. The number of para-hydroxylation sites is 1. The number of halogens is 1. The van der Waals surface area contributed by atoms with Crippen LogP contribution in [0.1, 0.15) is 24.2 Å². The first kappa shape index (κ1) is 23.8. The number of amides is 3. The molecular weight excluding hydrogens is 442 g/mol. The zero-order chi connectivity index (χ0) is 24.0. The highest BCUT2D eigenvalue weighted by atomic mass is 35.5. The van der Waals surface area contributed by atoms with E-state index in [1.807, 2.05) is 12.1 Å². The first-order valence-electron chi connectivity index (χ1n) is 10.3. The molecule has 0 aromatic heterocycles. The summed E-state index contributed by atoms with van der Waals surface area (Å²) in [5, 5.41) is 17.7. The van der Waals surface area contributed by atoms with Crippen LogP contribution in [0.3, 0.4) is 0 Å². The normalized spacial score (nSPS) is 11.5. The van der Waals surface area contributed by atoms with Crippen molar-refractivity contribution in [2.75, 3.05) is 10.6 Å². The van der Waals surface area contributed by atoms with Gasteiger partial charge in [-0.2, -0.15) is 0 Å². The third kappa shape index (κ3) is 6.33. The van der Waals surface area contributed by atoms with E-state index in [0.29, 0.717) is 22.0 Å². The standard InChI is InChI=1S/C25H24ClN3O4/c1-15(2)22(24(31)32)29-23(30)18-9-7-16(8-10-18)17-11-13-19(14-12-17)27-25(33)28-21-6-4-3-5-20(21)26/h3-15,22H,1-2H3,(H,29,30)(H,31,32)(H2,27,28,33)/t22-/m0/s1. The molecule has 0 bridgehead atoms. The van der Waals surface area contributed by atoms with Gasteiger partial charge in [-0.15, -0.1) is 0 Å². The Hall–Kier alpha value is -3.84. The van der Waals surface area contributed by atoms with E-state index in [2.05, 4.69) is 16.0 Å². The van der Waals surface area contributed by atoms with E-state index in [0.717, 1.165) is 11.1 Å². The molecule has 0 heterocycles. The maximum Gasteiger partial charge on any atom is 0.326 e. The summed E-state index contributed by atoms with van der Waals surface area (Å²) in [6.07, 6.45) is 0. The highest BCUT2D eigenvalue weighted by Crippen LogP contribution is 2.23. The van der Waals surface area contributed by atoms with Crippen molar-refractivity contribution in [2.45, 2.75) is 19.9 Å². The maximum absolute atomic E-state index is 12.4. The summed E-state index contributed by atoms with van der Waals surface area (Å²) in [4.78, 5) is 35.9. The molecular formula is C25H24ClN3O4. The monoisotopic (exact) mass is 465 g/mol. The predicted octanol–water partition coefficient (Wildman–Crippen LogP) is 5.49. The molecule has 3 rings (SSSR count). The Morgan fingerprint density at radius 1 is 0.818 bits per heavy atom. The van der Waals surface area contributed by atoms with Crippen molar-refractivity contribution in [2.24, 2.45) is 5.92 Å². The van der Waals surface area contributed by atoms with Crippen LogP contribution in [0.5, 0.6) is 0 Å². The average Bonchev–Trinajstić information content (AvgIpc) is 2.79. The SMILES string of the molecule is CC(C)[C@H](NC(=O)c1ccc(-c2ccc(NC(=O)Nc3ccccc3Cl)cc2)cc1)C(=O)O. The van der Waals surface area contributed by atoms with Gasteiger partial charge in [0, 0.05) is 11.3 Å². The molecule has 1 atom stereocenters. The van der Waals surface area contributed by atoms with E-state index in [-0.39, 0.29) is 5.92 Å². The lowest BCUT2D eigenvalue weighted by Crippen LogP contribution is -2.44. The number of urea groups is 1. The number of hydrogen-bond acceptors (Lipinski definition) is 3. The Kier molecular flexibility index (Phi) is 7.69. The van der Waals surface area contributed by atoms with Crippen LogP contribution < -0.4 is 16.0 Å². The first-order chi connectivity index (χ1) is 15.7. The number of carboxylic acid groups (broad SMARTS) is 1. The minimum absolute atomic E-state index is 0.232. The van der Waals surface area contributed by atoms with Crippen molar-refractivity contribution < 1.29 is 19.5 Å². The van der Waals surface area contributed by atoms with Crippen LogP contribution in [0, 0.1) is 5.92 Å². The molecule has 7 nitrogen and oxygen atoms in total. The van der Waals surface area contributed by atoms with E-state index in [4.69, 9.17) is 11.6 Å². The number of carbonyl (C=O) groups is 3. The van der Waals surface area contributed by atoms with Crippen molar-refractivity contribution in [3.05, 3.63) is 83.4 Å². The zero-order valence-electron chi connectivity index (χ0n) is 18.1. The molecule has 0 spiro atoms. The van der Waals surface area contributed by atoms with Crippen LogP contribution in [-0.2, 0) is 4.79 Å². The summed E-state index contributed by atoms with van der Waals surface area (Å²) < 4.78 is 0. The highest BCUT2D eigenvalue weighted by Gasteiger charge is 2.23. The third-order valence-electron chi connectivity index (χ3n) is 4.96. The molecule has 0 unspecified atom stereocenters. The molecule has 8 heteroatoms. The Morgan fingerprint density at radius 2 is 1.39 bits per heavy atom. The second-order valence-electron chi connectivity index (χ2n) is 7.75. The lowest BCUT2D eigenvalue weighted by molar-refractivity contribution is -0.140. The first-order valence-corrected chi connectivity index (χ1v) is 10.7. The third-order valence-corrected chi connectivity index (χ3v) is 5.29. The number of nitrogens with one attached hydrogen (secondary N) is 3. The fourth-order valence-electron chi connectivity index (χ4n) is 3.15. The highest BCUT2D eigenvalue weighted by molar-refractivity contribution is 6.33. The topological polar surface area (TPSA) is 108 Å². The minimum Gasteiger partial charge on any atom is -0.480 e. The van der Waals surface area contributed by atoms with Crippen LogP contribution in [0.15, 0.2) is 72.8 Å². The Balaban J connectivity index is 1.62. The van der Waals surface area contributed by atoms with Gasteiger partial charge in [0.05, 0.1) is 10.7 Å². The Bertz CT molecular complexity index is 1150. The van der Waals surface area contributed by atoms with Gasteiger partial charge in [0.25, 0.3) is 5.91 Å². The van der Waals surface area contributed by atoms with Gasteiger partial charge in [-0.3, -0.25) is 4.79 Å². The van der Waals surface area contributed by atoms with Crippen LogP contribution in [0.2, 0.25) is 5.02 Å². The summed E-state index contributed by atoms with van der Waals surface area (Å²) >= 11 is 6.05. The van der Waals surface area contributed by atoms with E-state index >= 15 is 0 Å². The van der Waals surface area contributed by atoms with Gasteiger partial charge in [0.1, 0.15) is 6.04 Å². The second kappa shape index (κ2) is 10.7. The van der Waals surface area contributed by atoms with E-state index in [9.17, 15) is 19.5 Å². The van der Waals surface area contributed by atoms with Crippen LogP contribution in [-0.4, -0.2) is 29.1 Å².